The Bertz CT molecular complexity index is 1370. The monoisotopic (exact) mass is 473 g/mol. The number of hydrogen-bond donors (Lipinski definition) is 1. The standard InChI is InChI=1S/C27H27N3O3S/c1-4-16-30-26(32)20-12-8-9-13-21(20)29-27(30)34-24(19-10-6-5-7-11-19)25(31)28-22-17-18(2)14-15-23(22)33-3/h5-15,17,24H,4,16H2,1-3H3,(H,28,31)/t24-/m1/s1. The van der Waals surface area contributed by atoms with Crippen LogP contribution in [0.3, 0.4) is 0 Å². The molecular formula is C27H27N3O3S. The predicted octanol–water partition coefficient (Wildman–Crippen LogP) is 5.60. The van der Waals surface area contributed by atoms with Gasteiger partial charge >= 0.3 is 0 Å². The maximum atomic E-state index is 13.6. The number of benzene rings is 3. The number of thioether (sulfide) groups is 1. The van der Waals surface area contributed by atoms with Gasteiger partial charge in [0, 0.05) is 6.54 Å². The number of carbonyl (C=O) groups excluding carboxylic acids is 1. The van der Waals surface area contributed by atoms with Gasteiger partial charge in [-0.05, 0) is 48.7 Å². The van der Waals surface area contributed by atoms with E-state index in [1.165, 1.54) is 11.8 Å². The zero-order valence-corrected chi connectivity index (χ0v) is 20.3. The smallest absolute Gasteiger partial charge is 0.262 e. The van der Waals surface area contributed by atoms with E-state index in [0.29, 0.717) is 34.0 Å². The molecule has 0 radical (unpaired) electrons. The van der Waals surface area contributed by atoms with Gasteiger partial charge in [-0.3, -0.25) is 14.2 Å². The first kappa shape index (κ1) is 23.6. The Hall–Kier alpha value is -3.58. The summed E-state index contributed by atoms with van der Waals surface area (Å²) < 4.78 is 7.11. The third-order valence-corrected chi connectivity index (χ3v) is 6.69. The van der Waals surface area contributed by atoms with Crippen molar-refractivity contribution in [3.8, 4) is 5.75 Å². The van der Waals surface area contributed by atoms with Gasteiger partial charge in [0.2, 0.25) is 5.91 Å². The van der Waals surface area contributed by atoms with Gasteiger partial charge in [0.05, 0.1) is 23.7 Å². The molecule has 0 bridgehead atoms. The number of methoxy groups -OCH3 is 1. The highest BCUT2D eigenvalue weighted by molar-refractivity contribution is 8.00. The zero-order valence-electron chi connectivity index (χ0n) is 19.4. The van der Waals surface area contributed by atoms with E-state index in [1.807, 2.05) is 80.6 Å². The number of amides is 1. The van der Waals surface area contributed by atoms with Crippen LogP contribution in [-0.4, -0.2) is 22.6 Å². The Labute approximate surface area is 203 Å². The maximum Gasteiger partial charge on any atom is 0.262 e. The summed E-state index contributed by atoms with van der Waals surface area (Å²) in [5, 5.41) is 3.50. The summed E-state index contributed by atoms with van der Waals surface area (Å²) in [4.78, 5) is 31.6. The molecule has 0 saturated heterocycles. The summed E-state index contributed by atoms with van der Waals surface area (Å²) in [5.41, 5.74) is 2.96. The van der Waals surface area contributed by atoms with E-state index < -0.39 is 5.25 Å². The molecule has 4 aromatic rings. The Morgan fingerprint density at radius 3 is 2.56 bits per heavy atom. The quantitative estimate of drug-likeness (QED) is 0.267. The minimum absolute atomic E-state index is 0.0949. The zero-order chi connectivity index (χ0) is 24.1. The number of ether oxygens (including phenoxy) is 1. The summed E-state index contributed by atoms with van der Waals surface area (Å²) in [5.74, 6) is 0.369. The van der Waals surface area contributed by atoms with Gasteiger partial charge in [-0.15, -0.1) is 0 Å². The highest BCUT2D eigenvalue weighted by Gasteiger charge is 2.26. The van der Waals surface area contributed by atoms with E-state index in [9.17, 15) is 9.59 Å². The molecule has 34 heavy (non-hydrogen) atoms. The van der Waals surface area contributed by atoms with Crippen molar-refractivity contribution >= 4 is 34.3 Å². The number of fused-ring (bicyclic) bond motifs is 1. The molecule has 1 aromatic heterocycles. The highest BCUT2D eigenvalue weighted by Crippen LogP contribution is 2.36. The molecular weight excluding hydrogens is 446 g/mol. The Morgan fingerprint density at radius 1 is 1.09 bits per heavy atom. The first-order valence-electron chi connectivity index (χ1n) is 11.2. The highest BCUT2D eigenvalue weighted by atomic mass is 32.2. The van der Waals surface area contributed by atoms with Crippen molar-refractivity contribution in [2.24, 2.45) is 0 Å². The number of carbonyl (C=O) groups is 1. The SMILES string of the molecule is CCCn1c(S[C@@H](C(=O)Nc2cc(C)ccc2OC)c2ccccc2)nc2ccccc2c1=O. The average Bonchev–Trinajstić information content (AvgIpc) is 2.85. The van der Waals surface area contributed by atoms with E-state index in [0.717, 1.165) is 17.5 Å². The van der Waals surface area contributed by atoms with Gasteiger partial charge in [0.15, 0.2) is 5.16 Å². The van der Waals surface area contributed by atoms with Crippen LogP contribution in [0.15, 0.2) is 82.7 Å². The number of nitrogens with one attached hydrogen (secondary N) is 1. The van der Waals surface area contributed by atoms with E-state index in [2.05, 4.69) is 5.32 Å². The van der Waals surface area contributed by atoms with Crippen LogP contribution in [0.1, 0.15) is 29.7 Å². The molecule has 1 N–H and O–H groups in total. The summed E-state index contributed by atoms with van der Waals surface area (Å²) in [7, 11) is 1.58. The van der Waals surface area contributed by atoms with Crippen LogP contribution >= 0.6 is 11.8 Å². The maximum absolute atomic E-state index is 13.6. The number of rotatable bonds is 8. The summed E-state index contributed by atoms with van der Waals surface area (Å²) in [6.45, 7) is 4.50. The second-order valence-electron chi connectivity index (χ2n) is 7.97. The number of nitrogens with zero attached hydrogens (tertiary/aromatic N) is 2. The molecule has 6 nitrogen and oxygen atoms in total. The lowest BCUT2D eigenvalue weighted by Crippen LogP contribution is -2.25. The fourth-order valence-electron chi connectivity index (χ4n) is 3.78. The van der Waals surface area contributed by atoms with Crippen molar-refractivity contribution in [2.45, 2.75) is 37.2 Å². The largest absolute Gasteiger partial charge is 0.495 e. The first-order valence-corrected chi connectivity index (χ1v) is 12.1. The lowest BCUT2D eigenvalue weighted by molar-refractivity contribution is -0.115. The van der Waals surface area contributed by atoms with Crippen molar-refractivity contribution in [1.82, 2.24) is 9.55 Å². The minimum atomic E-state index is -0.623. The number of hydrogen-bond acceptors (Lipinski definition) is 5. The number of anilines is 1. The fourth-order valence-corrected chi connectivity index (χ4v) is 4.90. The van der Waals surface area contributed by atoms with E-state index in [-0.39, 0.29) is 11.5 Å². The normalized spacial score (nSPS) is 11.9. The molecule has 174 valence electrons. The van der Waals surface area contributed by atoms with Crippen molar-refractivity contribution in [3.05, 3.63) is 94.3 Å². The Morgan fingerprint density at radius 2 is 1.82 bits per heavy atom. The summed E-state index contributed by atoms with van der Waals surface area (Å²) in [6, 6.07) is 22.5. The van der Waals surface area contributed by atoms with Gasteiger partial charge in [-0.1, -0.05) is 67.2 Å². The molecule has 0 unspecified atom stereocenters. The molecule has 0 spiro atoms. The van der Waals surface area contributed by atoms with E-state index in [1.54, 1.807) is 17.7 Å². The van der Waals surface area contributed by atoms with Crippen molar-refractivity contribution in [2.75, 3.05) is 12.4 Å². The molecule has 0 aliphatic heterocycles. The van der Waals surface area contributed by atoms with Crippen LogP contribution in [0, 0.1) is 6.92 Å². The van der Waals surface area contributed by atoms with Gasteiger partial charge in [0.25, 0.3) is 5.56 Å². The lowest BCUT2D eigenvalue weighted by atomic mass is 10.1. The molecule has 1 heterocycles. The second kappa shape index (κ2) is 10.6. The lowest BCUT2D eigenvalue weighted by Gasteiger charge is -2.20. The summed E-state index contributed by atoms with van der Waals surface area (Å²) in [6.07, 6.45) is 0.774. The predicted molar refractivity (Wildman–Crippen MR) is 138 cm³/mol. The van der Waals surface area contributed by atoms with Gasteiger partial charge in [-0.25, -0.2) is 4.98 Å². The number of aryl methyl sites for hydroxylation is 1. The summed E-state index contributed by atoms with van der Waals surface area (Å²) >= 11 is 1.28. The topological polar surface area (TPSA) is 73.2 Å². The molecule has 0 aliphatic rings. The second-order valence-corrected chi connectivity index (χ2v) is 9.04. The Balaban J connectivity index is 1.77. The van der Waals surface area contributed by atoms with Gasteiger partial charge in [-0.2, -0.15) is 0 Å². The molecule has 7 heteroatoms. The molecule has 1 amide bonds. The number of aromatic nitrogens is 2. The van der Waals surface area contributed by atoms with Crippen molar-refractivity contribution < 1.29 is 9.53 Å². The molecule has 0 fully saturated rings. The van der Waals surface area contributed by atoms with Crippen LogP contribution in [0.4, 0.5) is 5.69 Å². The first-order chi connectivity index (χ1) is 16.5. The molecule has 1 atom stereocenters. The third-order valence-electron chi connectivity index (χ3n) is 5.45. The average molecular weight is 474 g/mol. The Kier molecular flexibility index (Phi) is 7.33. The fraction of sp³-hybridized carbons (Fsp3) is 0.222. The van der Waals surface area contributed by atoms with Gasteiger partial charge in [0.1, 0.15) is 11.0 Å². The van der Waals surface area contributed by atoms with Crippen LogP contribution < -0.4 is 15.6 Å². The van der Waals surface area contributed by atoms with Crippen LogP contribution in [-0.2, 0) is 11.3 Å². The van der Waals surface area contributed by atoms with E-state index >= 15 is 0 Å². The van der Waals surface area contributed by atoms with Crippen LogP contribution in [0.2, 0.25) is 0 Å². The minimum Gasteiger partial charge on any atom is -0.495 e. The van der Waals surface area contributed by atoms with Crippen LogP contribution in [0.5, 0.6) is 5.75 Å². The molecule has 0 saturated carbocycles. The molecule has 3 aromatic carbocycles. The van der Waals surface area contributed by atoms with Gasteiger partial charge < -0.3 is 10.1 Å². The molecule has 4 rings (SSSR count). The van der Waals surface area contributed by atoms with Crippen molar-refractivity contribution in [3.63, 3.8) is 0 Å². The number of para-hydroxylation sites is 1. The van der Waals surface area contributed by atoms with Crippen LogP contribution in [0.25, 0.3) is 10.9 Å². The van der Waals surface area contributed by atoms with E-state index in [4.69, 9.17) is 9.72 Å². The van der Waals surface area contributed by atoms with Crippen molar-refractivity contribution in [1.29, 1.82) is 0 Å². The molecule has 0 aliphatic carbocycles. The third kappa shape index (κ3) is 4.99.